The summed E-state index contributed by atoms with van der Waals surface area (Å²) in [5, 5.41) is 4.12. The number of halogens is 2. The molecule has 3 aromatic rings. The molecule has 1 fully saturated rings. The van der Waals surface area contributed by atoms with Crippen LogP contribution in [0.25, 0.3) is 10.9 Å². The third-order valence-corrected chi connectivity index (χ3v) is 6.29. The van der Waals surface area contributed by atoms with Gasteiger partial charge in [0.2, 0.25) is 5.91 Å². The molecular weight excluding hydrogens is 382 g/mol. The van der Waals surface area contributed by atoms with Gasteiger partial charge in [0.15, 0.2) is 0 Å². The van der Waals surface area contributed by atoms with E-state index in [-0.39, 0.29) is 18.4 Å². The van der Waals surface area contributed by atoms with Crippen LogP contribution in [0.15, 0.2) is 42.6 Å². The first-order valence-corrected chi connectivity index (χ1v) is 10.9. The number of H-pyrrole nitrogens is 1. The van der Waals surface area contributed by atoms with Crippen LogP contribution in [0.2, 0.25) is 0 Å². The van der Waals surface area contributed by atoms with E-state index in [1.54, 1.807) is 0 Å². The number of aromatic amines is 1. The molecule has 1 amide bonds. The van der Waals surface area contributed by atoms with Gasteiger partial charge in [0.25, 0.3) is 0 Å². The molecule has 0 spiro atoms. The summed E-state index contributed by atoms with van der Waals surface area (Å²) in [5.41, 5.74) is 3.39. The van der Waals surface area contributed by atoms with Crippen LogP contribution in [0, 0.1) is 11.6 Å². The van der Waals surface area contributed by atoms with Crippen LogP contribution in [-0.2, 0) is 11.2 Å². The highest BCUT2D eigenvalue weighted by Crippen LogP contribution is 2.36. The van der Waals surface area contributed by atoms with E-state index in [1.807, 2.05) is 18.3 Å². The molecule has 1 aromatic heterocycles. The molecule has 3 nitrogen and oxygen atoms in total. The molecule has 1 atom stereocenters. The predicted molar refractivity (Wildman–Crippen MR) is 116 cm³/mol. The average molecular weight is 411 g/mol. The van der Waals surface area contributed by atoms with Crippen molar-refractivity contribution in [3.8, 4) is 0 Å². The molecule has 1 heterocycles. The zero-order valence-corrected chi connectivity index (χ0v) is 17.3. The maximum atomic E-state index is 14.8. The van der Waals surface area contributed by atoms with E-state index in [2.05, 4.69) is 23.3 Å². The van der Waals surface area contributed by atoms with Crippen molar-refractivity contribution in [2.45, 2.75) is 63.8 Å². The van der Waals surface area contributed by atoms with Crippen LogP contribution in [0.3, 0.4) is 0 Å². The number of fused-ring (bicyclic) bond motifs is 1. The minimum Gasteiger partial charge on any atom is -0.361 e. The standard InChI is InChI=1S/C25H28F2N2O/c1-2-16-7-6-10-20-22(15-28-25(16)20)21(19-12-11-17(26)13-23(19)27)14-24(30)29-18-8-4-3-5-9-18/h6-7,10-13,15,18,21,28H,2-5,8-9,14H2,1H3,(H,29,30). The lowest BCUT2D eigenvalue weighted by molar-refractivity contribution is -0.122. The summed E-state index contributed by atoms with van der Waals surface area (Å²) in [6, 6.07) is 9.86. The summed E-state index contributed by atoms with van der Waals surface area (Å²) in [6.07, 6.45) is 8.32. The van der Waals surface area contributed by atoms with Crippen molar-refractivity contribution >= 4 is 16.8 Å². The number of carbonyl (C=O) groups excluding carboxylic acids is 1. The van der Waals surface area contributed by atoms with Gasteiger partial charge in [-0.05, 0) is 42.0 Å². The Morgan fingerprint density at radius 2 is 1.93 bits per heavy atom. The largest absolute Gasteiger partial charge is 0.361 e. The van der Waals surface area contributed by atoms with Crippen LogP contribution in [0.5, 0.6) is 0 Å². The van der Waals surface area contributed by atoms with Gasteiger partial charge in [-0.25, -0.2) is 8.78 Å². The van der Waals surface area contributed by atoms with Crippen molar-refractivity contribution in [2.75, 3.05) is 0 Å². The highest BCUT2D eigenvalue weighted by atomic mass is 19.1. The summed E-state index contributed by atoms with van der Waals surface area (Å²) in [7, 11) is 0. The monoisotopic (exact) mass is 410 g/mol. The highest BCUT2D eigenvalue weighted by Gasteiger charge is 2.26. The zero-order chi connectivity index (χ0) is 21.1. The Labute approximate surface area is 175 Å². The molecule has 30 heavy (non-hydrogen) atoms. The molecule has 158 valence electrons. The fourth-order valence-electron chi connectivity index (χ4n) is 4.71. The first-order chi connectivity index (χ1) is 14.6. The molecule has 2 N–H and O–H groups in total. The molecule has 1 aliphatic rings. The average Bonchev–Trinajstić information content (AvgIpc) is 3.17. The molecule has 1 aliphatic carbocycles. The van der Waals surface area contributed by atoms with Gasteiger partial charge in [0.1, 0.15) is 11.6 Å². The summed E-state index contributed by atoms with van der Waals surface area (Å²) in [5.74, 6) is -1.81. The maximum Gasteiger partial charge on any atom is 0.221 e. The molecule has 1 unspecified atom stereocenters. The van der Waals surface area contributed by atoms with Crippen molar-refractivity contribution in [3.63, 3.8) is 0 Å². The van der Waals surface area contributed by atoms with Crippen molar-refractivity contribution in [2.24, 2.45) is 0 Å². The third-order valence-electron chi connectivity index (χ3n) is 6.29. The number of benzene rings is 2. The predicted octanol–water partition coefficient (Wildman–Crippen LogP) is 5.98. The number of aryl methyl sites for hydroxylation is 1. The SMILES string of the molecule is CCc1cccc2c(C(CC(=O)NC3CCCCC3)c3ccc(F)cc3F)c[nH]c12. The van der Waals surface area contributed by atoms with E-state index in [1.165, 1.54) is 24.1 Å². The second-order valence-electron chi connectivity index (χ2n) is 8.26. The maximum absolute atomic E-state index is 14.8. The summed E-state index contributed by atoms with van der Waals surface area (Å²) < 4.78 is 28.3. The lowest BCUT2D eigenvalue weighted by Gasteiger charge is -2.24. The molecular formula is C25H28F2N2O. The lowest BCUT2D eigenvalue weighted by atomic mass is 9.86. The fraction of sp³-hybridized carbons (Fsp3) is 0.400. The Bertz CT molecular complexity index is 1040. The van der Waals surface area contributed by atoms with Gasteiger partial charge in [0, 0.05) is 41.5 Å². The normalized spacial score (nSPS) is 16.0. The highest BCUT2D eigenvalue weighted by molar-refractivity contribution is 5.88. The number of hydrogen-bond donors (Lipinski definition) is 2. The zero-order valence-electron chi connectivity index (χ0n) is 17.3. The summed E-state index contributed by atoms with van der Waals surface area (Å²) >= 11 is 0. The molecule has 5 heteroatoms. The lowest BCUT2D eigenvalue weighted by Crippen LogP contribution is -2.36. The van der Waals surface area contributed by atoms with Crippen molar-refractivity contribution < 1.29 is 13.6 Å². The molecule has 0 radical (unpaired) electrons. The van der Waals surface area contributed by atoms with E-state index in [9.17, 15) is 13.6 Å². The quantitative estimate of drug-likeness (QED) is 0.516. The van der Waals surface area contributed by atoms with Crippen molar-refractivity contribution in [1.29, 1.82) is 0 Å². The molecule has 0 aliphatic heterocycles. The minimum absolute atomic E-state index is 0.0865. The van der Waals surface area contributed by atoms with Crippen LogP contribution < -0.4 is 5.32 Å². The number of amides is 1. The van der Waals surface area contributed by atoms with E-state index < -0.39 is 17.6 Å². The number of aromatic nitrogens is 1. The van der Waals surface area contributed by atoms with Crippen LogP contribution >= 0.6 is 0 Å². The number of nitrogens with one attached hydrogen (secondary N) is 2. The first kappa shape index (κ1) is 20.6. The summed E-state index contributed by atoms with van der Waals surface area (Å²) in [4.78, 5) is 16.2. The Balaban J connectivity index is 1.70. The minimum atomic E-state index is -0.619. The van der Waals surface area contributed by atoms with E-state index in [0.29, 0.717) is 5.56 Å². The van der Waals surface area contributed by atoms with Crippen LogP contribution in [0.1, 0.15) is 68.1 Å². The molecule has 2 aromatic carbocycles. The number of hydrogen-bond acceptors (Lipinski definition) is 1. The van der Waals surface area contributed by atoms with Gasteiger partial charge >= 0.3 is 0 Å². The molecule has 0 saturated heterocycles. The van der Waals surface area contributed by atoms with Gasteiger partial charge in [-0.1, -0.05) is 50.5 Å². The fourth-order valence-corrected chi connectivity index (χ4v) is 4.71. The Hall–Kier alpha value is -2.69. The van der Waals surface area contributed by atoms with Gasteiger partial charge in [-0.3, -0.25) is 4.79 Å². The second kappa shape index (κ2) is 8.99. The third kappa shape index (κ3) is 4.25. The second-order valence-corrected chi connectivity index (χ2v) is 8.26. The van der Waals surface area contributed by atoms with Crippen molar-refractivity contribution in [3.05, 3.63) is 70.9 Å². The topological polar surface area (TPSA) is 44.9 Å². The van der Waals surface area contributed by atoms with Crippen LogP contribution in [-0.4, -0.2) is 16.9 Å². The number of carbonyl (C=O) groups is 1. The Kier molecular flexibility index (Phi) is 6.16. The van der Waals surface area contributed by atoms with E-state index >= 15 is 0 Å². The van der Waals surface area contributed by atoms with Crippen molar-refractivity contribution in [1.82, 2.24) is 10.3 Å². The Morgan fingerprint density at radius 1 is 1.13 bits per heavy atom. The van der Waals surface area contributed by atoms with Gasteiger partial charge in [-0.15, -0.1) is 0 Å². The summed E-state index contributed by atoms with van der Waals surface area (Å²) in [6.45, 7) is 2.09. The smallest absolute Gasteiger partial charge is 0.221 e. The number of rotatable bonds is 6. The Morgan fingerprint density at radius 3 is 2.67 bits per heavy atom. The first-order valence-electron chi connectivity index (χ1n) is 10.9. The van der Waals surface area contributed by atoms with Crippen LogP contribution in [0.4, 0.5) is 8.78 Å². The molecule has 0 bridgehead atoms. The molecule has 4 rings (SSSR count). The number of para-hydroxylation sites is 1. The van der Waals surface area contributed by atoms with Gasteiger partial charge < -0.3 is 10.3 Å². The molecule has 1 saturated carbocycles. The van der Waals surface area contributed by atoms with Gasteiger partial charge in [0.05, 0.1) is 0 Å². The van der Waals surface area contributed by atoms with E-state index in [4.69, 9.17) is 0 Å². The van der Waals surface area contributed by atoms with Gasteiger partial charge in [-0.2, -0.15) is 0 Å². The van der Waals surface area contributed by atoms with E-state index in [0.717, 1.165) is 54.6 Å².